The van der Waals surface area contributed by atoms with Crippen molar-refractivity contribution in [1.29, 1.82) is 0 Å². The molecule has 0 atom stereocenters. The number of hydrogen-bond acceptors (Lipinski definition) is 2. The van der Waals surface area contributed by atoms with Crippen LogP contribution < -0.4 is 0 Å². The molecule has 3 N–H and O–H groups in total. The number of aromatic amines is 1. The van der Waals surface area contributed by atoms with E-state index in [1.165, 1.54) is 36.4 Å². The molecule has 1 aromatic heterocycles. The fourth-order valence-electron chi connectivity index (χ4n) is 2.69. The second kappa shape index (κ2) is 7.44. The summed E-state index contributed by atoms with van der Waals surface area (Å²) < 4.78 is 0. The smallest absolute Gasteiger partial charge is 0.352 e. The summed E-state index contributed by atoms with van der Waals surface area (Å²) in [4.78, 5) is 26.2. The summed E-state index contributed by atoms with van der Waals surface area (Å²) in [6, 6.07) is 7.27. The lowest BCUT2D eigenvalue weighted by Gasteiger charge is -2.07. The van der Waals surface area contributed by atoms with E-state index in [0.29, 0.717) is 20.9 Å². The van der Waals surface area contributed by atoms with Gasteiger partial charge in [-0.25, -0.2) is 9.59 Å². The quantitative estimate of drug-likeness (QED) is 0.423. The molecule has 3 rings (SSSR count). The zero-order valence-corrected chi connectivity index (χ0v) is 16.2. The van der Waals surface area contributed by atoms with Crippen molar-refractivity contribution < 1.29 is 19.8 Å². The van der Waals surface area contributed by atoms with E-state index in [4.69, 9.17) is 46.4 Å². The second-order valence-electron chi connectivity index (χ2n) is 5.52. The number of halogens is 4. The van der Waals surface area contributed by atoms with Gasteiger partial charge in [-0.15, -0.1) is 0 Å². The van der Waals surface area contributed by atoms with Crippen molar-refractivity contribution in [3.8, 4) is 0 Å². The van der Waals surface area contributed by atoms with Gasteiger partial charge in [0.2, 0.25) is 0 Å². The van der Waals surface area contributed by atoms with E-state index in [-0.39, 0.29) is 32.4 Å². The topological polar surface area (TPSA) is 90.4 Å². The molecule has 0 saturated heterocycles. The minimum atomic E-state index is -1.30. The molecule has 9 heteroatoms. The molecule has 5 nitrogen and oxygen atoms in total. The lowest BCUT2D eigenvalue weighted by atomic mass is 10.0. The molecule has 0 radical (unpaired) electrons. The first-order valence-electron chi connectivity index (χ1n) is 7.33. The molecule has 0 saturated carbocycles. The third kappa shape index (κ3) is 3.77. The monoisotopic (exact) mass is 443 g/mol. The molecule has 27 heavy (non-hydrogen) atoms. The number of carbonyl (C=O) groups is 2. The molecule has 0 aliphatic heterocycles. The molecular formula is C18H9Cl4NO4. The number of aromatic nitrogens is 1. The number of nitrogens with one attached hydrogen (secondary N) is 1. The fourth-order valence-corrected chi connectivity index (χ4v) is 3.80. The summed E-state index contributed by atoms with van der Waals surface area (Å²) in [6.07, 6.45) is 1.21. The van der Waals surface area contributed by atoms with Gasteiger partial charge in [0, 0.05) is 32.1 Å². The van der Waals surface area contributed by atoms with Crippen LogP contribution in [0.2, 0.25) is 20.1 Å². The van der Waals surface area contributed by atoms with Crippen LogP contribution in [0.1, 0.15) is 21.6 Å². The van der Waals surface area contributed by atoms with Gasteiger partial charge in [-0.2, -0.15) is 0 Å². The first-order chi connectivity index (χ1) is 12.7. The van der Waals surface area contributed by atoms with Gasteiger partial charge in [-0.3, -0.25) is 0 Å². The van der Waals surface area contributed by atoms with Gasteiger partial charge in [-0.05, 0) is 30.3 Å². The third-order valence-corrected chi connectivity index (χ3v) is 4.87. The highest BCUT2D eigenvalue weighted by atomic mass is 35.5. The molecule has 0 amide bonds. The Bertz CT molecular complexity index is 1130. The summed E-state index contributed by atoms with van der Waals surface area (Å²) in [5, 5.41) is 20.4. The number of aliphatic carboxylic acids is 1. The zero-order chi connectivity index (χ0) is 19.9. The van der Waals surface area contributed by atoms with Crippen molar-refractivity contribution in [2.45, 2.75) is 0 Å². The SMILES string of the molecule is O=C(O)/C(=C/c1c(C(=O)O)[nH]c2cc(Cl)cc(Cl)c12)c1ccc(Cl)cc1Cl. The number of rotatable bonds is 4. The molecule has 2 aromatic carbocycles. The maximum Gasteiger partial charge on any atom is 0.352 e. The predicted octanol–water partition coefficient (Wildman–Crippen LogP) is 6.10. The van der Waals surface area contributed by atoms with Gasteiger partial charge in [0.25, 0.3) is 0 Å². The average Bonchev–Trinajstić information content (AvgIpc) is 2.91. The molecule has 0 spiro atoms. The van der Waals surface area contributed by atoms with E-state index in [2.05, 4.69) is 4.98 Å². The minimum absolute atomic E-state index is 0.0996. The normalized spacial score (nSPS) is 11.8. The van der Waals surface area contributed by atoms with Gasteiger partial charge >= 0.3 is 11.9 Å². The first kappa shape index (κ1) is 19.6. The van der Waals surface area contributed by atoms with Crippen molar-refractivity contribution >= 4 is 80.9 Å². The van der Waals surface area contributed by atoms with Crippen molar-refractivity contribution in [2.75, 3.05) is 0 Å². The number of H-pyrrole nitrogens is 1. The van der Waals surface area contributed by atoms with Gasteiger partial charge in [0.15, 0.2) is 0 Å². The average molecular weight is 445 g/mol. The van der Waals surface area contributed by atoms with Crippen LogP contribution in [-0.4, -0.2) is 27.1 Å². The molecule has 0 aliphatic carbocycles. The number of hydrogen-bond donors (Lipinski definition) is 3. The molecule has 0 fully saturated rings. The molecular weight excluding hydrogens is 436 g/mol. The Kier molecular flexibility index (Phi) is 5.40. The number of carboxylic acids is 2. The molecule has 138 valence electrons. The van der Waals surface area contributed by atoms with Crippen LogP contribution in [0.3, 0.4) is 0 Å². The summed E-state index contributed by atoms with van der Waals surface area (Å²) in [6.45, 7) is 0. The van der Waals surface area contributed by atoms with Crippen LogP contribution in [0.15, 0.2) is 30.3 Å². The van der Waals surface area contributed by atoms with Crippen LogP contribution in [0.5, 0.6) is 0 Å². The number of carboxylic acid groups (broad SMARTS) is 2. The molecule has 0 bridgehead atoms. The summed E-state index contributed by atoms with van der Waals surface area (Å²) >= 11 is 24.2. The molecule has 3 aromatic rings. The maximum atomic E-state index is 11.8. The molecule has 1 heterocycles. The Morgan fingerprint density at radius 1 is 0.926 bits per heavy atom. The zero-order valence-electron chi connectivity index (χ0n) is 13.2. The number of aromatic carboxylic acids is 1. The van der Waals surface area contributed by atoms with Gasteiger partial charge in [0.1, 0.15) is 5.69 Å². The Morgan fingerprint density at radius 3 is 2.19 bits per heavy atom. The van der Waals surface area contributed by atoms with Crippen LogP contribution >= 0.6 is 46.4 Å². The highest BCUT2D eigenvalue weighted by Crippen LogP contribution is 2.36. The fraction of sp³-hybridized carbons (Fsp3) is 0. The van der Waals surface area contributed by atoms with Crippen LogP contribution in [-0.2, 0) is 4.79 Å². The second-order valence-corrected chi connectivity index (χ2v) is 7.20. The largest absolute Gasteiger partial charge is 0.478 e. The standard InChI is InChI=1S/C18H9Cl4NO4/c19-7-1-2-9(12(21)3-7)10(17(24)25)6-11-15-13(22)4-8(20)5-14(15)23-16(11)18(26)27/h1-6,23H,(H,24,25)(H,26,27)/b10-6+. The predicted molar refractivity (Wildman–Crippen MR) is 107 cm³/mol. The van der Waals surface area contributed by atoms with Crippen LogP contribution in [0, 0.1) is 0 Å². The van der Waals surface area contributed by atoms with E-state index >= 15 is 0 Å². The Balaban J connectivity index is 2.36. The van der Waals surface area contributed by atoms with Crippen LogP contribution in [0.25, 0.3) is 22.6 Å². The maximum absolute atomic E-state index is 11.8. The summed E-state index contributed by atoms with van der Waals surface area (Å²) in [5.74, 6) is -2.58. The number of benzene rings is 2. The van der Waals surface area contributed by atoms with Crippen molar-refractivity contribution in [3.05, 3.63) is 67.2 Å². The van der Waals surface area contributed by atoms with Crippen molar-refractivity contribution in [2.24, 2.45) is 0 Å². The lowest BCUT2D eigenvalue weighted by Crippen LogP contribution is -2.03. The van der Waals surface area contributed by atoms with Crippen molar-refractivity contribution in [3.63, 3.8) is 0 Å². The van der Waals surface area contributed by atoms with E-state index in [1.54, 1.807) is 0 Å². The van der Waals surface area contributed by atoms with Crippen molar-refractivity contribution in [1.82, 2.24) is 4.98 Å². The van der Waals surface area contributed by atoms with E-state index in [9.17, 15) is 19.8 Å². The van der Waals surface area contributed by atoms with E-state index in [1.807, 2.05) is 0 Å². The summed E-state index contributed by atoms with van der Waals surface area (Å²) in [7, 11) is 0. The Morgan fingerprint density at radius 2 is 1.59 bits per heavy atom. The highest BCUT2D eigenvalue weighted by Gasteiger charge is 2.22. The van der Waals surface area contributed by atoms with E-state index < -0.39 is 11.9 Å². The van der Waals surface area contributed by atoms with Crippen LogP contribution in [0.4, 0.5) is 0 Å². The van der Waals surface area contributed by atoms with Gasteiger partial charge in [0.05, 0.1) is 15.6 Å². The third-order valence-electron chi connectivity index (χ3n) is 3.81. The van der Waals surface area contributed by atoms with Gasteiger partial charge in [-0.1, -0.05) is 52.5 Å². The lowest BCUT2D eigenvalue weighted by molar-refractivity contribution is -0.130. The Labute approximate surface area is 172 Å². The molecule has 0 aliphatic rings. The first-order valence-corrected chi connectivity index (χ1v) is 8.84. The van der Waals surface area contributed by atoms with E-state index in [0.717, 1.165) is 0 Å². The number of fused-ring (bicyclic) bond motifs is 1. The minimum Gasteiger partial charge on any atom is -0.478 e. The van der Waals surface area contributed by atoms with Gasteiger partial charge < -0.3 is 15.2 Å². The molecule has 0 unspecified atom stereocenters. The Hall–Kier alpha value is -2.18. The summed E-state index contributed by atoms with van der Waals surface area (Å²) in [5.41, 5.74) is 0.208. The highest BCUT2D eigenvalue weighted by molar-refractivity contribution is 6.40.